The number of nitriles is 2. The molecule has 47 heavy (non-hydrogen) atoms. The van der Waals surface area contributed by atoms with Gasteiger partial charge in [0.05, 0.1) is 37.6 Å². The molecule has 10 heteroatoms. The summed E-state index contributed by atoms with van der Waals surface area (Å²) in [6, 6.07) is 21.6. The van der Waals surface area contributed by atoms with Crippen LogP contribution in [0, 0.1) is 47.3 Å². The molecule has 0 N–H and O–H groups in total. The Balaban J connectivity index is 1.81. The first-order valence-corrected chi connectivity index (χ1v) is 14.6. The van der Waals surface area contributed by atoms with Crippen molar-refractivity contribution in [3.05, 3.63) is 129 Å². The maximum atomic E-state index is 14.9. The van der Waals surface area contributed by atoms with Crippen LogP contribution in [0.25, 0.3) is 0 Å². The SMILES string of the molecule is COC(=O)C1=C2C(=C(C(=O)c3ccc(C)cc3)C3(C(=O)c4ccccc4C3=O)C2(C#N)C#N)N(Cc2ccc(C)cc2)C1C(=O)OC. The van der Waals surface area contributed by atoms with Gasteiger partial charge in [-0.05, 0) is 19.4 Å². The number of carbonyl (C=O) groups is 5. The van der Waals surface area contributed by atoms with Crippen LogP contribution in [0.4, 0.5) is 0 Å². The summed E-state index contributed by atoms with van der Waals surface area (Å²) >= 11 is 0. The molecule has 6 rings (SSSR count). The number of esters is 2. The first-order chi connectivity index (χ1) is 22.5. The molecule has 2 aliphatic carbocycles. The Morgan fingerprint density at radius 3 is 1.83 bits per heavy atom. The fourth-order valence-corrected chi connectivity index (χ4v) is 7.02. The predicted molar refractivity (Wildman–Crippen MR) is 165 cm³/mol. The first kappa shape index (κ1) is 30.9. The Hall–Kier alpha value is -6.13. The van der Waals surface area contributed by atoms with Gasteiger partial charge in [-0.25, -0.2) is 9.59 Å². The molecule has 0 saturated heterocycles. The monoisotopic (exact) mass is 625 g/mol. The van der Waals surface area contributed by atoms with Gasteiger partial charge in [0.2, 0.25) is 0 Å². The molecule has 1 aliphatic heterocycles. The van der Waals surface area contributed by atoms with Gasteiger partial charge in [0.15, 0.2) is 34.2 Å². The van der Waals surface area contributed by atoms with Crippen molar-refractivity contribution in [2.75, 3.05) is 14.2 Å². The predicted octanol–water partition coefficient (Wildman–Crippen LogP) is 4.38. The molecule has 3 aromatic carbocycles. The van der Waals surface area contributed by atoms with Crippen LogP contribution in [0.1, 0.15) is 47.8 Å². The van der Waals surface area contributed by atoms with Gasteiger partial charge in [0.1, 0.15) is 0 Å². The van der Waals surface area contributed by atoms with Gasteiger partial charge in [-0.2, -0.15) is 10.5 Å². The van der Waals surface area contributed by atoms with E-state index in [0.717, 1.165) is 25.3 Å². The van der Waals surface area contributed by atoms with E-state index in [9.17, 15) is 34.5 Å². The minimum atomic E-state index is -2.76. The summed E-state index contributed by atoms with van der Waals surface area (Å²) in [6.45, 7) is 3.56. The van der Waals surface area contributed by atoms with Crippen molar-refractivity contribution in [1.82, 2.24) is 4.90 Å². The molecule has 10 nitrogen and oxygen atoms in total. The number of ketones is 3. The average Bonchev–Trinajstić information content (AvgIpc) is 3.64. The number of benzene rings is 3. The summed E-state index contributed by atoms with van der Waals surface area (Å²) in [5.41, 5.74) is -4.70. The van der Waals surface area contributed by atoms with E-state index in [1.54, 1.807) is 24.3 Å². The van der Waals surface area contributed by atoms with Crippen LogP contribution >= 0.6 is 0 Å². The van der Waals surface area contributed by atoms with E-state index in [1.807, 2.05) is 38.1 Å². The Kier molecular flexibility index (Phi) is 7.25. The zero-order valence-corrected chi connectivity index (χ0v) is 25.9. The lowest BCUT2D eigenvalue weighted by Gasteiger charge is -2.34. The van der Waals surface area contributed by atoms with Gasteiger partial charge >= 0.3 is 11.9 Å². The maximum absolute atomic E-state index is 14.9. The first-order valence-electron chi connectivity index (χ1n) is 14.6. The molecule has 0 bridgehead atoms. The van der Waals surface area contributed by atoms with Crippen LogP contribution in [0.3, 0.4) is 0 Å². The van der Waals surface area contributed by atoms with Crippen LogP contribution in [-0.2, 0) is 25.6 Å². The third-order valence-corrected chi connectivity index (χ3v) is 9.20. The molecule has 0 saturated carbocycles. The highest BCUT2D eigenvalue weighted by Gasteiger charge is 2.78. The van der Waals surface area contributed by atoms with Crippen molar-refractivity contribution in [2.24, 2.45) is 10.8 Å². The van der Waals surface area contributed by atoms with E-state index in [0.29, 0.717) is 5.56 Å². The zero-order valence-electron chi connectivity index (χ0n) is 25.9. The van der Waals surface area contributed by atoms with E-state index in [-0.39, 0.29) is 28.9 Å². The number of fused-ring (bicyclic) bond motifs is 2. The minimum Gasteiger partial charge on any atom is -0.467 e. The second-order valence-corrected chi connectivity index (χ2v) is 11.7. The van der Waals surface area contributed by atoms with Gasteiger partial charge in [-0.1, -0.05) is 83.9 Å². The number of carbonyl (C=O) groups excluding carboxylic acids is 5. The van der Waals surface area contributed by atoms with Crippen LogP contribution in [0.15, 0.2) is 95.2 Å². The minimum absolute atomic E-state index is 0.0662. The highest BCUT2D eigenvalue weighted by atomic mass is 16.5. The van der Waals surface area contributed by atoms with Gasteiger partial charge in [0.25, 0.3) is 0 Å². The second kappa shape index (κ2) is 11.0. The van der Waals surface area contributed by atoms with Gasteiger partial charge < -0.3 is 14.4 Å². The van der Waals surface area contributed by atoms with Crippen LogP contribution in [0.5, 0.6) is 0 Å². The number of methoxy groups -OCH3 is 2. The maximum Gasteiger partial charge on any atom is 0.336 e. The Labute approximate surface area is 270 Å². The van der Waals surface area contributed by atoms with Crippen molar-refractivity contribution in [1.29, 1.82) is 10.5 Å². The van der Waals surface area contributed by atoms with Crippen molar-refractivity contribution in [3.63, 3.8) is 0 Å². The summed E-state index contributed by atoms with van der Waals surface area (Å²) < 4.78 is 10.2. The van der Waals surface area contributed by atoms with Crippen LogP contribution in [-0.4, -0.2) is 54.4 Å². The zero-order chi connectivity index (χ0) is 33.8. The number of hydrogen-bond donors (Lipinski definition) is 0. The number of ether oxygens (including phenoxy) is 2. The molecule has 3 aromatic rings. The third-order valence-electron chi connectivity index (χ3n) is 9.20. The van der Waals surface area contributed by atoms with E-state index < -0.39 is 62.9 Å². The Morgan fingerprint density at radius 2 is 1.34 bits per heavy atom. The number of rotatable bonds is 6. The fourth-order valence-electron chi connectivity index (χ4n) is 7.02. The summed E-state index contributed by atoms with van der Waals surface area (Å²) in [5.74, 6) is -4.72. The Morgan fingerprint density at radius 1 is 0.809 bits per heavy atom. The molecule has 1 heterocycles. The van der Waals surface area contributed by atoms with Crippen molar-refractivity contribution in [2.45, 2.75) is 26.4 Å². The number of hydrogen-bond acceptors (Lipinski definition) is 10. The van der Waals surface area contributed by atoms with E-state index in [2.05, 4.69) is 0 Å². The Bertz CT molecular complexity index is 2030. The second-order valence-electron chi connectivity index (χ2n) is 11.7. The summed E-state index contributed by atoms with van der Waals surface area (Å²) in [7, 11) is 2.16. The lowest BCUT2D eigenvalue weighted by atomic mass is 9.58. The van der Waals surface area contributed by atoms with E-state index in [4.69, 9.17) is 9.47 Å². The van der Waals surface area contributed by atoms with E-state index in [1.165, 1.54) is 41.3 Å². The quantitative estimate of drug-likeness (QED) is 0.219. The molecule has 3 aliphatic rings. The molecule has 0 radical (unpaired) electrons. The van der Waals surface area contributed by atoms with Crippen molar-refractivity contribution < 1.29 is 33.4 Å². The van der Waals surface area contributed by atoms with Gasteiger partial charge in [0, 0.05) is 34.4 Å². The average molecular weight is 626 g/mol. The van der Waals surface area contributed by atoms with Crippen molar-refractivity contribution >= 4 is 29.3 Å². The molecule has 0 fully saturated rings. The van der Waals surface area contributed by atoms with Crippen molar-refractivity contribution in [3.8, 4) is 12.1 Å². The summed E-state index contributed by atoms with van der Waals surface area (Å²) in [4.78, 5) is 73.1. The fraction of sp³-hybridized carbons (Fsp3) is 0.216. The van der Waals surface area contributed by atoms with Gasteiger partial charge in [-0.3, -0.25) is 14.4 Å². The number of Topliss-reactive ketones (excluding diaryl/α,β-unsaturated/α-hetero) is 3. The molecule has 232 valence electrons. The molecule has 1 atom stereocenters. The summed E-state index contributed by atoms with van der Waals surface area (Å²) in [5, 5.41) is 22.1. The normalized spacial score (nSPS) is 18.5. The van der Waals surface area contributed by atoms with Gasteiger partial charge in [-0.15, -0.1) is 0 Å². The number of nitrogens with zero attached hydrogens (tertiary/aromatic N) is 3. The molecule has 1 unspecified atom stereocenters. The molecular formula is C37H27N3O7. The largest absolute Gasteiger partial charge is 0.467 e. The molecular weight excluding hydrogens is 598 g/mol. The molecule has 1 spiro atoms. The lowest BCUT2D eigenvalue weighted by Crippen LogP contribution is -2.50. The number of allylic oxidation sites excluding steroid dienone is 2. The number of aryl methyl sites for hydroxylation is 2. The van der Waals surface area contributed by atoms with Crippen LogP contribution in [0.2, 0.25) is 0 Å². The standard InChI is InChI=1S/C37H27N3O7/c1-20-9-13-22(14-10-20)17-40-29(35(45)47-4)26(34(44)46-3)27-30(40)28(31(41)23-15-11-21(2)12-16-23)37(36(27,18-38)19-39)32(42)24-7-5-6-8-25(24)33(37)43/h5-16,29H,17H2,1-4H3. The summed E-state index contributed by atoms with van der Waals surface area (Å²) in [6.07, 6.45) is 0. The molecule has 0 amide bonds. The molecule has 0 aromatic heterocycles. The van der Waals surface area contributed by atoms with E-state index >= 15 is 0 Å². The third kappa shape index (κ3) is 3.98. The lowest BCUT2D eigenvalue weighted by molar-refractivity contribution is -0.147. The highest BCUT2D eigenvalue weighted by molar-refractivity contribution is 6.38. The van der Waals surface area contributed by atoms with Crippen LogP contribution < -0.4 is 0 Å². The smallest absolute Gasteiger partial charge is 0.336 e. The highest BCUT2D eigenvalue weighted by Crippen LogP contribution is 2.67. The topological polar surface area (TPSA) is 155 Å².